The molecule has 3 heteroatoms. The fraction of sp³-hybridized carbons (Fsp3) is 0.143. The second-order valence-electron chi connectivity index (χ2n) is 3.72. The summed E-state index contributed by atoms with van der Waals surface area (Å²) in [6, 6.07) is 9.89. The van der Waals surface area contributed by atoms with E-state index in [1.54, 1.807) is 18.2 Å². The van der Waals surface area contributed by atoms with Crippen LogP contribution in [0.2, 0.25) is 0 Å². The van der Waals surface area contributed by atoms with Crippen molar-refractivity contribution in [2.45, 2.75) is 13.3 Å². The van der Waals surface area contributed by atoms with Gasteiger partial charge in [-0.25, -0.2) is 9.37 Å². The molecular formula is C14H12FNO. The summed E-state index contributed by atoms with van der Waals surface area (Å²) in [6.07, 6.45) is 2.26. The van der Waals surface area contributed by atoms with Crippen molar-refractivity contribution < 1.29 is 9.18 Å². The lowest BCUT2D eigenvalue weighted by Crippen LogP contribution is -2.07. The highest BCUT2D eigenvalue weighted by Crippen LogP contribution is 2.13. The van der Waals surface area contributed by atoms with Crippen molar-refractivity contribution in [1.29, 1.82) is 0 Å². The Morgan fingerprint density at radius 1 is 1.29 bits per heavy atom. The SMILES string of the molecule is CCc1cccc(C(=O)c2ncccc2F)c1. The van der Waals surface area contributed by atoms with Crippen molar-refractivity contribution in [3.63, 3.8) is 0 Å². The molecule has 0 bridgehead atoms. The maximum absolute atomic E-state index is 13.4. The van der Waals surface area contributed by atoms with Gasteiger partial charge in [-0.15, -0.1) is 0 Å². The van der Waals surface area contributed by atoms with Gasteiger partial charge in [0, 0.05) is 11.8 Å². The summed E-state index contributed by atoms with van der Waals surface area (Å²) in [4.78, 5) is 15.8. The smallest absolute Gasteiger partial charge is 0.214 e. The van der Waals surface area contributed by atoms with Crippen LogP contribution in [0.25, 0.3) is 0 Å². The maximum Gasteiger partial charge on any atom is 0.214 e. The second-order valence-corrected chi connectivity index (χ2v) is 3.72. The van der Waals surface area contributed by atoms with Gasteiger partial charge in [0.25, 0.3) is 0 Å². The molecule has 0 aliphatic heterocycles. The van der Waals surface area contributed by atoms with E-state index in [9.17, 15) is 9.18 Å². The van der Waals surface area contributed by atoms with Crippen LogP contribution in [0.4, 0.5) is 4.39 Å². The maximum atomic E-state index is 13.4. The predicted octanol–water partition coefficient (Wildman–Crippen LogP) is 3.01. The molecule has 0 aliphatic rings. The highest BCUT2D eigenvalue weighted by atomic mass is 19.1. The van der Waals surface area contributed by atoms with E-state index in [1.807, 2.05) is 13.0 Å². The third-order valence-corrected chi connectivity index (χ3v) is 2.57. The molecule has 86 valence electrons. The Labute approximate surface area is 99.1 Å². The van der Waals surface area contributed by atoms with Gasteiger partial charge in [-0.05, 0) is 30.2 Å². The number of benzene rings is 1. The minimum absolute atomic E-state index is 0.124. The van der Waals surface area contributed by atoms with Crippen molar-refractivity contribution in [2.24, 2.45) is 0 Å². The molecule has 0 spiro atoms. The summed E-state index contributed by atoms with van der Waals surface area (Å²) >= 11 is 0. The first-order chi connectivity index (χ1) is 8.22. The van der Waals surface area contributed by atoms with Gasteiger partial charge in [-0.2, -0.15) is 0 Å². The molecular weight excluding hydrogens is 217 g/mol. The summed E-state index contributed by atoms with van der Waals surface area (Å²) in [5.41, 5.74) is 1.40. The molecule has 0 amide bonds. The highest BCUT2D eigenvalue weighted by molar-refractivity contribution is 6.07. The Balaban J connectivity index is 2.40. The Kier molecular flexibility index (Phi) is 3.28. The van der Waals surface area contributed by atoms with Crippen LogP contribution in [-0.4, -0.2) is 10.8 Å². The molecule has 0 saturated heterocycles. The van der Waals surface area contributed by atoms with Gasteiger partial charge in [-0.1, -0.05) is 25.1 Å². The molecule has 2 rings (SSSR count). The normalized spacial score (nSPS) is 10.2. The molecule has 0 aliphatic carbocycles. The number of halogens is 1. The van der Waals surface area contributed by atoms with Crippen LogP contribution >= 0.6 is 0 Å². The third kappa shape index (κ3) is 2.38. The van der Waals surface area contributed by atoms with Crippen molar-refractivity contribution in [3.8, 4) is 0 Å². The number of carbonyl (C=O) groups is 1. The number of carbonyl (C=O) groups excluding carboxylic acids is 1. The van der Waals surface area contributed by atoms with E-state index in [-0.39, 0.29) is 11.5 Å². The molecule has 1 aromatic carbocycles. The molecule has 0 saturated carbocycles. The van der Waals surface area contributed by atoms with Crippen molar-refractivity contribution in [3.05, 3.63) is 65.2 Å². The van der Waals surface area contributed by atoms with Crippen molar-refractivity contribution >= 4 is 5.78 Å². The van der Waals surface area contributed by atoms with Crippen LogP contribution in [0.15, 0.2) is 42.6 Å². The van der Waals surface area contributed by atoms with E-state index >= 15 is 0 Å². The van der Waals surface area contributed by atoms with Crippen LogP contribution < -0.4 is 0 Å². The van der Waals surface area contributed by atoms with Gasteiger partial charge in [0.1, 0.15) is 5.69 Å². The Hall–Kier alpha value is -2.03. The molecule has 1 aromatic heterocycles. The van der Waals surface area contributed by atoms with Gasteiger partial charge < -0.3 is 0 Å². The van der Waals surface area contributed by atoms with Crippen molar-refractivity contribution in [1.82, 2.24) is 4.98 Å². The Morgan fingerprint density at radius 2 is 2.12 bits per heavy atom. The lowest BCUT2D eigenvalue weighted by molar-refractivity contribution is 0.103. The average Bonchev–Trinajstić information content (AvgIpc) is 2.38. The fourth-order valence-corrected chi connectivity index (χ4v) is 1.62. The van der Waals surface area contributed by atoms with Gasteiger partial charge in [0.2, 0.25) is 5.78 Å². The predicted molar refractivity (Wildman–Crippen MR) is 63.4 cm³/mol. The topological polar surface area (TPSA) is 30.0 Å². The van der Waals surface area contributed by atoms with Gasteiger partial charge in [0.15, 0.2) is 5.82 Å². The zero-order chi connectivity index (χ0) is 12.3. The summed E-state index contributed by atoms with van der Waals surface area (Å²) in [6.45, 7) is 2.00. The first kappa shape index (κ1) is 11.5. The quantitative estimate of drug-likeness (QED) is 0.757. The van der Waals surface area contributed by atoms with Crippen LogP contribution in [0, 0.1) is 5.82 Å². The molecule has 0 fully saturated rings. The molecule has 0 N–H and O–H groups in total. The number of ketones is 1. The van der Waals surface area contributed by atoms with Crippen LogP contribution in [0.3, 0.4) is 0 Å². The number of pyridine rings is 1. The molecule has 0 radical (unpaired) electrons. The largest absolute Gasteiger partial charge is 0.287 e. The first-order valence-corrected chi connectivity index (χ1v) is 5.46. The fourth-order valence-electron chi connectivity index (χ4n) is 1.62. The molecule has 2 aromatic rings. The molecule has 2 nitrogen and oxygen atoms in total. The van der Waals surface area contributed by atoms with Crippen LogP contribution in [0.1, 0.15) is 28.5 Å². The zero-order valence-electron chi connectivity index (χ0n) is 9.48. The van der Waals surface area contributed by atoms with E-state index in [0.717, 1.165) is 12.0 Å². The Bertz CT molecular complexity index is 551. The molecule has 0 unspecified atom stereocenters. The van der Waals surface area contributed by atoms with E-state index in [0.29, 0.717) is 5.56 Å². The summed E-state index contributed by atoms with van der Waals surface area (Å²) in [5.74, 6) is -0.960. The standard InChI is InChI=1S/C14H12FNO/c1-2-10-5-3-6-11(9-10)14(17)13-12(15)7-4-8-16-13/h3-9H,2H2,1H3. The summed E-state index contributed by atoms with van der Waals surface area (Å²) in [5, 5.41) is 0. The van der Waals surface area contributed by atoms with Crippen LogP contribution in [0.5, 0.6) is 0 Å². The number of aromatic nitrogens is 1. The minimum atomic E-state index is -0.584. The van der Waals surface area contributed by atoms with Gasteiger partial charge >= 0.3 is 0 Å². The van der Waals surface area contributed by atoms with Gasteiger partial charge in [0.05, 0.1) is 0 Å². The van der Waals surface area contributed by atoms with E-state index in [1.165, 1.54) is 18.3 Å². The first-order valence-electron chi connectivity index (χ1n) is 5.46. The van der Waals surface area contributed by atoms with Gasteiger partial charge in [-0.3, -0.25) is 4.79 Å². The van der Waals surface area contributed by atoms with E-state index in [2.05, 4.69) is 4.98 Å². The average molecular weight is 229 g/mol. The van der Waals surface area contributed by atoms with Crippen molar-refractivity contribution in [2.75, 3.05) is 0 Å². The second kappa shape index (κ2) is 4.87. The molecule has 1 heterocycles. The molecule has 17 heavy (non-hydrogen) atoms. The lowest BCUT2D eigenvalue weighted by atomic mass is 10.0. The summed E-state index contributed by atoms with van der Waals surface area (Å²) < 4.78 is 13.4. The highest BCUT2D eigenvalue weighted by Gasteiger charge is 2.14. The number of hydrogen-bond acceptors (Lipinski definition) is 2. The van der Waals surface area contributed by atoms with E-state index < -0.39 is 5.82 Å². The van der Waals surface area contributed by atoms with Crippen LogP contribution in [-0.2, 0) is 6.42 Å². The number of aryl methyl sites for hydroxylation is 1. The number of hydrogen-bond donors (Lipinski definition) is 0. The van der Waals surface area contributed by atoms with E-state index in [4.69, 9.17) is 0 Å². The summed E-state index contributed by atoms with van der Waals surface area (Å²) in [7, 11) is 0. The monoisotopic (exact) mass is 229 g/mol. The number of rotatable bonds is 3. The number of nitrogens with zero attached hydrogens (tertiary/aromatic N) is 1. The zero-order valence-corrected chi connectivity index (χ0v) is 9.48. The minimum Gasteiger partial charge on any atom is -0.287 e. The third-order valence-electron chi connectivity index (χ3n) is 2.57. The Morgan fingerprint density at radius 3 is 2.82 bits per heavy atom. The lowest BCUT2D eigenvalue weighted by Gasteiger charge is -2.03. The molecule has 0 atom stereocenters.